The van der Waals surface area contributed by atoms with E-state index in [-0.39, 0.29) is 23.5 Å². The third kappa shape index (κ3) is 4.33. The van der Waals surface area contributed by atoms with E-state index in [1.165, 1.54) is 12.1 Å². The zero-order chi connectivity index (χ0) is 18.5. The van der Waals surface area contributed by atoms with Gasteiger partial charge in [0.05, 0.1) is 5.56 Å². The Morgan fingerprint density at radius 2 is 1.77 bits per heavy atom. The van der Waals surface area contributed by atoms with Gasteiger partial charge in [0.2, 0.25) is 5.91 Å². The number of carboxylic acids is 1. The van der Waals surface area contributed by atoms with Gasteiger partial charge in [0.25, 0.3) is 0 Å². The van der Waals surface area contributed by atoms with Gasteiger partial charge < -0.3 is 20.2 Å². The summed E-state index contributed by atoms with van der Waals surface area (Å²) in [7, 11) is 0. The van der Waals surface area contributed by atoms with Crippen molar-refractivity contribution in [2.24, 2.45) is 0 Å². The first-order chi connectivity index (χ1) is 12.5. The Kier molecular flexibility index (Phi) is 5.75. The van der Waals surface area contributed by atoms with Crippen LogP contribution in [0.3, 0.4) is 0 Å². The lowest BCUT2D eigenvalue weighted by molar-refractivity contribution is -0.136. The number of hydrogen-bond donors (Lipinski definition) is 2. The summed E-state index contributed by atoms with van der Waals surface area (Å²) >= 11 is 0. The molecule has 2 fully saturated rings. The number of hydrogen-bond acceptors (Lipinski definition) is 3. The Labute approximate surface area is 153 Å². The van der Waals surface area contributed by atoms with Crippen LogP contribution in [0.2, 0.25) is 0 Å². The number of carbonyl (C=O) groups is 3. The number of nitrogens with one attached hydrogen (secondary N) is 1. The highest BCUT2D eigenvalue weighted by atomic mass is 16.4. The zero-order valence-electron chi connectivity index (χ0n) is 14.8. The quantitative estimate of drug-likeness (QED) is 0.861. The number of urea groups is 1. The first kappa shape index (κ1) is 18.2. The molecule has 0 bridgehead atoms. The fraction of sp³-hybridized carbons (Fsp3) is 0.526. The monoisotopic (exact) mass is 359 g/mol. The molecule has 0 radical (unpaired) electrons. The lowest BCUT2D eigenvalue weighted by Gasteiger charge is -2.40. The zero-order valence-corrected chi connectivity index (χ0v) is 14.8. The Morgan fingerprint density at radius 3 is 2.38 bits per heavy atom. The summed E-state index contributed by atoms with van der Waals surface area (Å²) in [6.45, 7) is 2.52. The van der Waals surface area contributed by atoms with Gasteiger partial charge in [-0.2, -0.15) is 0 Å². The second-order valence-corrected chi connectivity index (χ2v) is 6.92. The van der Waals surface area contributed by atoms with Gasteiger partial charge in [-0.25, -0.2) is 9.59 Å². The number of piperidine rings is 2. The van der Waals surface area contributed by atoms with Crippen LogP contribution in [0.4, 0.5) is 4.79 Å². The number of amides is 3. The number of nitrogens with zero attached hydrogens (tertiary/aromatic N) is 2. The predicted octanol–water partition coefficient (Wildman–Crippen LogP) is 2.07. The van der Waals surface area contributed by atoms with Gasteiger partial charge in [-0.05, 0) is 43.4 Å². The number of benzene rings is 1. The molecule has 3 rings (SSSR count). The van der Waals surface area contributed by atoms with Gasteiger partial charge in [-0.3, -0.25) is 4.79 Å². The molecule has 26 heavy (non-hydrogen) atoms. The number of carbonyl (C=O) groups excluding carboxylic acids is 2. The van der Waals surface area contributed by atoms with E-state index in [4.69, 9.17) is 5.11 Å². The molecule has 0 saturated carbocycles. The first-order valence-corrected chi connectivity index (χ1v) is 9.19. The highest BCUT2D eigenvalue weighted by Gasteiger charge is 2.30. The molecule has 2 N–H and O–H groups in total. The van der Waals surface area contributed by atoms with E-state index in [0.29, 0.717) is 26.1 Å². The van der Waals surface area contributed by atoms with Crippen molar-refractivity contribution < 1.29 is 19.5 Å². The highest BCUT2D eigenvalue weighted by Crippen LogP contribution is 2.21. The second-order valence-electron chi connectivity index (χ2n) is 6.92. The van der Waals surface area contributed by atoms with Crippen LogP contribution in [-0.4, -0.2) is 58.5 Å². The van der Waals surface area contributed by atoms with E-state index >= 15 is 0 Å². The molecule has 0 aliphatic carbocycles. The Hall–Kier alpha value is -2.57. The average Bonchev–Trinajstić information content (AvgIpc) is 2.67. The van der Waals surface area contributed by atoms with Gasteiger partial charge in [-0.15, -0.1) is 0 Å². The molecular formula is C19H25N3O4. The van der Waals surface area contributed by atoms with Crippen LogP contribution in [0.5, 0.6) is 0 Å². The average molecular weight is 359 g/mol. The van der Waals surface area contributed by atoms with Crippen LogP contribution >= 0.6 is 0 Å². The predicted molar refractivity (Wildman–Crippen MR) is 95.8 cm³/mol. The standard InChI is InChI=1S/C19H25N3O4/c23-17-3-1-2-10-22(17)16-8-11-21(12-9-16)19(26)20-13-14-4-6-15(7-5-14)18(24)25/h4-7,16H,1-3,8-13H2,(H,20,26)(H,24,25). The minimum Gasteiger partial charge on any atom is -0.478 e. The number of likely N-dealkylation sites (tertiary alicyclic amines) is 2. The molecule has 0 spiro atoms. The van der Waals surface area contributed by atoms with Crippen LogP contribution in [0, 0.1) is 0 Å². The maximum Gasteiger partial charge on any atom is 0.335 e. The van der Waals surface area contributed by atoms with Crippen LogP contribution in [0.25, 0.3) is 0 Å². The topological polar surface area (TPSA) is 89.9 Å². The first-order valence-electron chi connectivity index (χ1n) is 9.19. The smallest absolute Gasteiger partial charge is 0.335 e. The molecule has 2 aliphatic heterocycles. The third-order valence-corrected chi connectivity index (χ3v) is 5.20. The lowest BCUT2D eigenvalue weighted by atomic mass is 10.00. The highest BCUT2D eigenvalue weighted by molar-refractivity contribution is 5.87. The summed E-state index contributed by atoms with van der Waals surface area (Å²) in [6.07, 6.45) is 4.37. The molecule has 2 aliphatic rings. The molecule has 1 aromatic carbocycles. The largest absolute Gasteiger partial charge is 0.478 e. The van der Waals surface area contributed by atoms with Crippen molar-refractivity contribution in [1.29, 1.82) is 0 Å². The third-order valence-electron chi connectivity index (χ3n) is 5.20. The number of carboxylic acid groups (broad SMARTS) is 1. The Balaban J connectivity index is 1.44. The van der Waals surface area contributed by atoms with Crippen LogP contribution in [-0.2, 0) is 11.3 Å². The molecule has 7 heteroatoms. The van der Waals surface area contributed by atoms with E-state index < -0.39 is 5.97 Å². The summed E-state index contributed by atoms with van der Waals surface area (Å²) in [5.74, 6) is -0.709. The second kappa shape index (κ2) is 8.21. The van der Waals surface area contributed by atoms with Crippen molar-refractivity contribution in [3.63, 3.8) is 0 Å². The fourth-order valence-electron chi connectivity index (χ4n) is 3.65. The molecule has 1 aromatic rings. The van der Waals surface area contributed by atoms with E-state index in [1.807, 2.05) is 4.90 Å². The molecule has 0 aromatic heterocycles. The van der Waals surface area contributed by atoms with Gasteiger partial charge in [0.1, 0.15) is 0 Å². The molecule has 7 nitrogen and oxygen atoms in total. The summed E-state index contributed by atoms with van der Waals surface area (Å²) < 4.78 is 0. The molecule has 0 unspecified atom stereocenters. The molecular weight excluding hydrogens is 334 g/mol. The van der Waals surface area contributed by atoms with E-state index in [0.717, 1.165) is 37.8 Å². The molecule has 2 saturated heterocycles. The van der Waals surface area contributed by atoms with Crippen molar-refractivity contribution >= 4 is 17.9 Å². The van der Waals surface area contributed by atoms with Crippen molar-refractivity contribution in [3.05, 3.63) is 35.4 Å². The lowest BCUT2D eigenvalue weighted by Crippen LogP contribution is -2.51. The summed E-state index contributed by atoms with van der Waals surface area (Å²) in [5, 5.41) is 11.8. The van der Waals surface area contributed by atoms with E-state index in [9.17, 15) is 14.4 Å². The van der Waals surface area contributed by atoms with E-state index in [2.05, 4.69) is 5.32 Å². The fourth-order valence-corrected chi connectivity index (χ4v) is 3.65. The SMILES string of the molecule is O=C(O)c1ccc(CNC(=O)N2CCC(N3CCCCC3=O)CC2)cc1. The van der Waals surface area contributed by atoms with Crippen LogP contribution in [0.1, 0.15) is 48.0 Å². The van der Waals surface area contributed by atoms with Crippen molar-refractivity contribution in [3.8, 4) is 0 Å². The minimum absolute atomic E-state index is 0.115. The molecule has 2 heterocycles. The van der Waals surface area contributed by atoms with Gasteiger partial charge in [0, 0.05) is 38.6 Å². The number of aromatic carboxylic acids is 1. The van der Waals surface area contributed by atoms with Crippen LogP contribution < -0.4 is 5.32 Å². The maximum atomic E-state index is 12.3. The van der Waals surface area contributed by atoms with Crippen molar-refractivity contribution in [2.45, 2.75) is 44.7 Å². The molecule has 0 atom stereocenters. The van der Waals surface area contributed by atoms with Gasteiger partial charge in [-0.1, -0.05) is 12.1 Å². The summed E-state index contributed by atoms with van der Waals surface area (Å²) in [6, 6.07) is 6.62. The Bertz CT molecular complexity index is 666. The van der Waals surface area contributed by atoms with Crippen LogP contribution in [0.15, 0.2) is 24.3 Å². The minimum atomic E-state index is -0.962. The summed E-state index contributed by atoms with van der Waals surface area (Å²) in [4.78, 5) is 39.0. The molecule has 3 amide bonds. The molecule has 140 valence electrons. The Morgan fingerprint density at radius 1 is 1.08 bits per heavy atom. The van der Waals surface area contributed by atoms with Crippen molar-refractivity contribution in [2.75, 3.05) is 19.6 Å². The van der Waals surface area contributed by atoms with Crippen molar-refractivity contribution in [1.82, 2.24) is 15.1 Å². The normalized spacial score (nSPS) is 18.7. The van der Waals surface area contributed by atoms with Gasteiger partial charge in [0.15, 0.2) is 0 Å². The maximum absolute atomic E-state index is 12.3. The van der Waals surface area contributed by atoms with Gasteiger partial charge >= 0.3 is 12.0 Å². The van der Waals surface area contributed by atoms with E-state index in [1.54, 1.807) is 17.0 Å². The number of rotatable bonds is 4. The summed E-state index contributed by atoms with van der Waals surface area (Å²) in [5.41, 5.74) is 1.09.